The van der Waals surface area contributed by atoms with Crippen LogP contribution < -0.4 is 0 Å². The monoisotopic (exact) mass is 419 g/mol. The predicted octanol–water partition coefficient (Wildman–Crippen LogP) is 3.96. The molecule has 0 saturated carbocycles. The maximum atomic E-state index is 13.1. The summed E-state index contributed by atoms with van der Waals surface area (Å²) in [5, 5.41) is 8.26. The fourth-order valence-electron chi connectivity index (χ4n) is 2.76. The van der Waals surface area contributed by atoms with Crippen LogP contribution in [0.3, 0.4) is 0 Å². The van der Waals surface area contributed by atoms with Gasteiger partial charge in [0.25, 0.3) is 0 Å². The molecule has 3 rings (SSSR count). The molecule has 0 bridgehead atoms. The number of hydrogen-bond acceptors (Lipinski definition) is 5. The Morgan fingerprint density at radius 1 is 1.23 bits per heavy atom. The number of carbonyl (C=O) groups is 1. The lowest BCUT2D eigenvalue weighted by Crippen LogP contribution is -2.13. The Morgan fingerprint density at radius 2 is 1.97 bits per heavy atom. The fourth-order valence-corrected chi connectivity index (χ4v) is 2.76. The van der Waals surface area contributed by atoms with Crippen LogP contribution in [0.1, 0.15) is 30.5 Å². The summed E-state index contributed by atoms with van der Waals surface area (Å²) in [5.41, 5.74) is 0.579. The van der Waals surface area contributed by atoms with Crippen LogP contribution in [0.4, 0.5) is 13.2 Å². The molecule has 0 aliphatic heterocycles. The van der Waals surface area contributed by atoms with E-state index in [1.165, 1.54) is 28.1 Å². The van der Waals surface area contributed by atoms with Crippen molar-refractivity contribution < 1.29 is 22.7 Å². The van der Waals surface area contributed by atoms with E-state index in [0.29, 0.717) is 11.1 Å². The fraction of sp³-hybridized carbons (Fsp3) is 0.300. The molecule has 0 aliphatic rings. The molecule has 158 valence electrons. The molecule has 0 fully saturated rings. The zero-order chi connectivity index (χ0) is 22.1. The molecule has 7 nitrogen and oxygen atoms in total. The predicted molar refractivity (Wildman–Crippen MR) is 104 cm³/mol. The lowest BCUT2D eigenvalue weighted by Gasteiger charge is -2.10. The van der Waals surface area contributed by atoms with Gasteiger partial charge in [-0.1, -0.05) is 0 Å². The maximum Gasteiger partial charge on any atom is 0.416 e. The first-order valence-corrected chi connectivity index (χ1v) is 9.05. The quantitative estimate of drug-likeness (QED) is 0.462. The summed E-state index contributed by atoms with van der Waals surface area (Å²) in [4.78, 5) is 16.6. The number of alkyl halides is 3. The summed E-state index contributed by atoms with van der Waals surface area (Å²) >= 11 is 0. The summed E-state index contributed by atoms with van der Waals surface area (Å²) in [5.74, 6) is -0.479. The third-order valence-electron chi connectivity index (χ3n) is 4.01. The number of benzene rings is 1. The zero-order valence-electron chi connectivity index (χ0n) is 16.8. The van der Waals surface area contributed by atoms with Gasteiger partial charge in [0.05, 0.1) is 23.4 Å². The second kappa shape index (κ2) is 8.13. The number of halogens is 3. The first-order valence-electron chi connectivity index (χ1n) is 9.05. The van der Waals surface area contributed by atoms with Crippen molar-refractivity contribution in [1.82, 2.24) is 24.5 Å². The van der Waals surface area contributed by atoms with E-state index in [-0.39, 0.29) is 23.1 Å². The second-order valence-electron chi connectivity index (χ2n) is 7.03. The molecule has 1 aromatic carbocycles. The van der Waals surface area contributed by atoms with Gasteiger partial charge in [-0.25, -0.2) is 14.5 Å². The van der Waals surface area contributed by atoms with E-state index >= 15 is 0 Å². The normalized spacial score (nSPS) is 12.5. The minimum Gasteiger partial charge on any atom is -0.459 e. The largest absolute Gasteiger partial charge is 0.459 e. The van der Waals surface area contributed by atoms with Crippen molar-refractivity contribution in [3.05, 3.63) is 53.6 Å². The molecule has 0 aliphatic carbocycles. The summed E-state index contributed by atoms with van der Waals surface area (Å²) in [7, 11) is 1.71. The Labute approximate surface area is 170 Å². The Balaban J connectivity index is 2.00. The first kappa shape index (κ1) is 21.3. The molecule has 0 saturated heterocycles. The molecular formula is C20H20F3N5O2. The van der Waals surface area contributed by atoms with E-state index in [1.54, 1.807) is 40.1 Å². The van der Waals surface area contributed by atoms with Crippen LogP contribution in [-0.2, 0) is 22.8 Å². The van der Waals surface area contributed by atoms with Crippen molar-refractivity contribution in [2.75, 3.05) is 0 Å². The van der Waals surface area contributed by atoms with Crippen molar-refractivity contribution in [3.8, 4) is 11.4 Å². The minimum absolute atomic E-state index is 0.100. The lowest BCUT2D eigenvalue weighted by molar-refractivity contribution is -0.140. The molecule has 0 unspecified atom stereocenters. The van der Waals surface area contributed by atoms with Gasteiger partial charge >= 0.3 is 12.1 Å². The zero-order valence-corrected chi connectivity index (χ0v) is 16.8. The summed E-state index contributed by atoms with van der Waals surface area (Å²) < 4.78 is 47.4. The second-order valence-corrected chi connectivity index (χ2v) is 7.03. The smallest absolute Gasteiger partial charge is 0.416 e. The third-order valence-corrected chi connectivity index (χ3v) is 4.01. The summed E-state index contributed by atoms with van der Waals surface area (Å²) in [6.45, 7) is 5.02. The molecule has 0 amide bonds. The molecule has 3 aromatic rings. The molecule has 0 atom stereocenters. The average Bonchev–Trinajstić information content (AvgIpc) is 3.26. The van der Waals surface area contributed by atoms with Crippen LogP contribution in [0.5, 0.6) is 0 Å². The number of nitrogens with zero attached hydrogens (tertiary/aromatic N) is 5. The van der Waals surface area contributed by atoms with Gasteiger partial charge in [0.2, 0.25) is 0 Å². The van der Waals surface area contributed by atoms with E-state index in [0.717, 1.165) is 12.1 Å². The molecule has 0 radical (unpaired) electrons. The number of carbonyl (C=O) groups excluding carboxylic acids is 1. The molecule has 0 spiro atoms. The Kier molecular flexibility index (Phi) is 5.77. The van der Waals surface area contributed by atoms with Crippen LogP contribution >= 0.6 is 0 Å². The van der Waals surface area contributed by atoms with Crippen molar-refractivity contribution in [2.45, 2.75) is 33.1 Å². The highest BCUT2D eigenvalue weighted by molar-refractivity contribution is 6.20. The minimum atomic E-state index is -4.47. The standard InChI is InChI=1S/C20H20F3N5O2/c1-12(2)30-19(29)17(15-8-25-27(4)9-15)10-28-11-24-18(26-28)14-5-13(3)6-16(7-14)20(21,22)23/h5-12H,1-4H3/b17-10+. The number of aryl methyl sites for hydroxylation is 2. The van der Waals surface area contributed by atoms with Crippen LogP contribution in [0.25, 0.3) is 23.2 Å². The van der Waals surface area contributed by atoms with Gasteiger partial charge in [-0.15, -0.1) is 5.10 Å². The number of hydrogen-bond donors (Lipinski definition) is 0. The number of ether oxygens (including phenoxy) is 1. The van der Waals surface area contributed by atoms with Crippen molar-refractivity contribution in [1.29, 1.82) is 0 Å². The highest BCUT2D eigenvalue weighted by Crippen LogP contribution is 2.32. The van der Waals surface area contributed by atoms with Crippen molar-refractivity contribution >= 4 is 17.7 Å². The molecule has 0 N–H and O–H groups in total. The number of esters is 1. The topological polar surface area (TPSA) is 74.8 Å². The lowest BCUT2D eigenvalue weighted by atomic mass is 10.1. The van der Waals surface area contributed by atoms with Gasteiger partial charge in [0.15, 0.2) is 5.82 Å². The average molecular weight is 419 g/mol. The number of rotatable bonds is 5. The van der Waals surface area contributed by atoms with Gasteiger partial charge in [0.1, 0.15) is 6.33 Å². The van der Waals surface area contributed by atoms with E-state index in [9.17, 15) is 18.0 Å². The van der Waals surface area contributed by atoms with Gasteiger partial charge in [0, 0.05) is 30.6 Å². The Hall–Kier alpha value is -3.43. The summed E-state index contributed by atoms with van der Waals surface area (Å²) in [6.07, 6.45) is 1.04. The van der Waals surface area contributed by atoms with Crippen molar-refractivity contribution in [3.63, 3.8) is 0 Å². The SMILES string of the molecule is Cc1cc(-c2ncn(/C=C(/C(=O)OC(C)C)c3cnn(C)c3)n2)cc(C(F)(F)F)c1. The molecule has 30 heavy (non-hydrogen) atoms. The van der Waals surface area contributed by atoms with Crippen LogP contribution in [0, 0.1) is 6.92 Å². The third kappa shape index (κ3) is 4.94. The van der Waals surface area contributed by atoms with Crippen molar-refractivity contribution in [2.24, 2.45) is 7.05 Å². The summed E-state index contributed by atoms with van der Waals surface area (Å²) in [6, 6.07) is 3.61. The van der Waals surface area contributed by atoms with Gasteiger partial charge < -0.3 is 4.74 Å². The van der Waals surface area contributed by atoms with E-state index in [4.69, 9.17) is 4.74 Å². The highest BCUT2D eigenvalue weighted by Gasteiger charge is 2.31. The van der Waals surface area contributed by atoms with Gasteiger partial charge in [-0.05, 0) is 44.5 Å². The Bertz CT molecular complexity index is 1100. The van der Waals surface area contributed by atoms with E-state index in [2.05, 4.69) is 15.2 Å². The van der Waals surface area contributed by atoms with Gasteiger partial charge in [-0.2, -0.15) is 18.3 Å². The van der Waals surface area contributed by atoms with E-state index < -0.39 is 17.7 Å². The van der Waals surface area contributed by atoms with Gasteiger partial charge in [-0.3, -0.25) is 4.68 Å². The number of aromatic nitrogens is 5. The molecular weight excluding hydrogens is 399 g/mol. The van der Waals surface area contributed by atoms with Crippen LogP contribution in [0.15, 0.2) is 36.9 Å². The highest BCUT2D eigenvalue weighted by atomic mass is 19.4. The maximum absolute atomic E-state index is 13.1. The van der Waals surface area contributed by atoms with E-state index in [1.807, 2.05) is 0 Å². The molecule has 2 heterocycles. The van der Waals surface area contributed by atoms with Crippen LogP contribution in [0.2, 0.25) is 0 Å². The molecule has 10 heteroatoms. The Morgan fingerprint density at radius 3 is 2.57 bits per heavy atom. The van der Waals surface area contributed by atoms with Crippen LogP contribution in [-0.4, -0.2) is 36.6 Å². The first-order chi connectivity index (χ1) is 14.0. The molecule has 2 aromatic heterocycles.